The van der Waals surface area contributed by atoms with E-state index < -0.39 is 6.03 Å². The monoisotopic (exact) mass is 488 g/mol. The number of likely N-dealkylation sites (tertiary alicyclic amines) is 1. The Labute approximate surface area is 208 Å². The van der Waals surface area contributed by atoms with Crippen LogP contribution in [0, 0.1) is 5.92 Å². The summed E-state index contributed by atoms with van der Waals surface area (Å²) in [6.45, 7) is 1.59. The van der Waals surface area contributed by atoms with Crippen LogP contribution in [0.3, 0.4) is 0 Å². The number of fused-ring (bicyclic) bond motifs is 4. The van der Waals surface area contributed by atoms with Gasteiger partial charge in [0, 0.05) is 31.2 Å². The molecule has 36 heavy (non-hydrogen) atoms. The second kappa shape index (κ2) is 10.2. The van der Waals surface area contributed by atoms with E-state index in [9.17, 15) is 14.4 Å². The fraction of sp³-hybridized carbons (Fsp3) is 0.296. The first-order valence-corrected chi connectivity index (χ1v) is 11.9. The summed E-state index contributed by atoms with van der Waals surface area (Å²) in [5.41, 5.74) is 1.35. The van der Waals surface area contributed by atoms with Crippen LogP contribution in [0.25, 0.3) is 0 Å². The largest absolute Gasteiger partial charge is 0.495 e. The molecule has 0 spiro atoms. The van der Waals surface area contributed by atoms with Gasteiger partial charge < -0.3 is 29.6 Å². The molecule has 0 radical (unpaired) electrons. The van der Waals surface area contributed by atoms with Crippen LogP contribution in [-0.4, -0.2) is 48.2 Å². The topological polar surface area (TPSA) is 102 Å². The van der Waals surface area contributed by atoms with Gasteiger partial charge in [0.05, 0.1) is 12.8 Å². The van der Waals surface area contributed by atoms with Crippen molar-refractivity contribution in [3.63, 3.8) is 0 Å². The number of benzene rings is 2. The van der Waals surface area contributed by atoms with E-state index in [0.29, 0.717) is 36.8 Å². The van der Waals surface area contributed by atoms with E-state index in [-0.39, 0.29) is 35.6 Å². The quantitative estimate of drug-likeness (QED) is 0.553. The van der Waals surface area contributed by atoms with E-state index in [0.717, 1.165) is 12.1 Å². The lowest BCUT2D eigenvalue weighted by molar-refractivity contribution is -0.136. The molecule has 2 aliphatic heterocycles. The summed E-state index contributed by atoms with van der Waals surface area (Å²) in [5.74, 6) is 1.34. The highest BCUT2D eigenvalue weighted by Crippen LogP contribution is 2.35. The number of anilines is 2. The molecule has 0 aliphatic carbocycles. The number of para-hydroxylation sites is 3. The van der Waals surface area contributed by atoms with Crippen LogP contribution >= 0.6 is 0 Å². The maximum absolute atomic E-state index is 13.2. The van der Waals surface area contributed by atoms with Crippen LogP contribution in [0.5, 0.6) is 11.5 Å². The van der Waals surface area contributed by atoms with Crippen molar-refractivity contribution in [3.05, 3.63) is 82.8 Å². The standard InChI is InChI=1S/C27H28N4O5/c1-35-24-10-6-5-9-21(24)28-27(34)29-22-11-12-23-19-13-18(15-31(23)26(22)33)14-30(16-19)25(32)17-36-20-7-3-2-4-8-20/h2-12,18-19H,13-17H2,1H3,(H2,28,29,34)/t18-,19-/m1/s1. The van der Waals surface area contributed by atoms with Gasteiger partial charge in [-0.05, 0) is 48.7 Å². The zero-order valence-corrected chi connectivity index (χ0v) is 20.0. The molecule has 0 unspecified atom stereocenters. The Bertz CT molecular complexity index is 1320. The third kappa shape index (κ3) is 4.91. The van der Waals surface area contributed by atoms with Gasteiger partial charge in [0.2, 0.25) is 0 Å². The van der Waals surface area contributed by atoms with Gasteiger partial charge in [-0.1, -0.05) is 30.3 Å². The summed E-state index contributed by atoms with van der Waals surface area (Å²) in [4.78, 5) is 40.4. The summed E-state index contributed by atoms with van der Waals surface area (Å²) >= 11 is 0. The van der Waals surface area contributed by atoms with Gasteiger partial charge in [-0.2, -0.15) is 0 Å². The Kier molecular flexibility index (Phi) is 6.62. The molecule has 186 valence electrons. The fourth-order valence-corrected chi connectivity index (χ4v) is 5.02. The zero-order valence-electron chi connectivity index (χ0n) is 20.0. The summed E-state index contributed by atoms with van der Waals surface area (Å²) in [5, 5.41) is 5.39. The Morgan fingerprint density at radius 2 is 1.67 bits per heavy atom. The Hall–Kier alpha value is -4.27. The molecule has 2 aliphatic rings. The van der Waals surface area contributed by atoms with Gasteiger partial charge in [0.1, 0.15) is 17.2 Å². The molecule has 3 aromatic rings. The SMILES string of the molecule is COc1ccccc1NC(=O)Nc1ccc2n(c1=O)C[C@@H]1C[C@@H]2CN(C(=O)COc2ccccc2)C1. The van der Waals surface area contributed by atoms with Crippen LogP contribution in [0.2, 0.25) is 0 Å². The second-order valence-electron chi connectivity index (χ2n) is 9.07. The lowest BCUT2D eigenvalue weighted by Gasteiger charge is -2.42. The third-order valence-corrected chi connectivity index (χ3v) is 6.67. The number of carbonyl (C=O) groups is 2. The number of urea groups is 1. The van der Waals surface area contributed by atoms with Crippen LogP contribution < -0.4 is 25.7 Å². The van der Waals surface area contributed by atoms with Crippen molar-refractivity contribution in [1.29, 1.82) is 0 Å². The minimum atomic E-state index is -0.525. The molecule has 3 amide bonds. The maximum atomic E-state index is 13.2. The van der Waals surface area contributed by atoms with Crippen molar-refractivity contribution < 1.29 is 19.1 Å². The number of ether oxygens (including phenoxy) is 2. The van der Waals surface area contributed by atoms with Gasteiger partial charge in [-0.3, -0.25) is 9.59 Å². The van der Waals surface area contributed by atoms with Crippen molar-refractivity contribution >= 4 is 23.3 Å². The highest BCUT2D eigenvalue weighted by Gasteiger charge is 2.36. The minimum Gasteiger partial charge on any atom is -0.495 e. The van der Waals surface area contributed by atoms with Gasteiger partial charge in [0.25, 0.3) is 11.5 Å². The van der Waals surface area contributed by atoms with E-state index in [1.54, 1.807) is 34.9 Å². The first kappa shape index (κ1) is 23.5. The lowest BCUT2D eigenvalue weighted by Crippen LogP contribution is -2.50. The van der Waals surface area contributed by atoms with Crippen molar-refractivity contribution in [2.75, 3.05) is 37.4 Å². The van der Waals surface area contributed by atoms with Crippen molar-refractivity contribution in [1.82, 2.24) is 9.47 Å². The van der Waals surface area contributed by atoms with Crippen LogP contribution in [0.4, 0.5) is 16.2 Å². The molecule has 1 fully saturated rings. The number of amides is 3. The van der Waals surface area contributed by atoms with Gasteiger partial charge in [-0.15, -0.1) is 0 Å². The van der Waals surface area contributed by atoms with Crippen molar-refractivity contribution in [2.45, 2.75) is 18.9 Å². The normalized spacial score (nSPS) is 18.1. The molecule has 2 aromatic carbocycles. The molecular weight excluding hydrogens is 460 g/mol. The number of aromatic nitrogens is 1. The Morgan fingerprint density at radius 3 is 2.47 bits per heavy atom. The smallest absolute Gasteiger partial charge is 0.323 e. The van der Waals surface area contributed by atoms with Gasteiger partial charge in [-0.25, -0.2) is 4.79 Å². The first-order valence-electron chi connectivity index (χ1n) is 11.9. The average Bonchev–Trinajstić information content (AvgIpc) is 2.90. The number of nitrogens with zero attached hydrogens (tertiary/aromatic N) is 2. The number of rotatable bonds is 6. The number of carbonyl (C=O) groups excluding carboxylic acids is 2. The molecule has 1 saturated heterocycles. The second-order valence-corrected chi connectivity index (χ2v) is 9.07. The van der Waals surface area contributed by atoms with Crippen molar-refractivity contribution in [2.24, 2.45) is 5.92 Å². The lowest BCUT2D eigenvalue weighted by atomic mass is 9.83. The van der Waals surface area contributed by atoms with Crippen molar-refractivity contribution in [3.8, 4) is 11.5 Å². The number of methoxy groups -OCH3 is 1. The molecule has 2 bridgehead atoms. The zero-order chi connectivity index (χ0) is 25.1. The third-order valence-electron chi connectivity index (χ3n) is 6.67. The fourth-order valence-electron chi connectivity index (χ4n) is 5.02. The van der Waals surface area contributed by atoms with Gasteiger partial charge >= 0.3 is 6.03 Å². The van der Waals surface area contributed by atoms with Crippen LogP contribution in [-0.2, 0) is 11.3 Å². The summed E-state index contributed by atoms with van der Waals surface area (Å²) in [6.07, 6.45) is 0.920. The van der Waals surface area contributed by atoms with E-state index in [1.165, 1.54) is 7.11 Å². The van der Waals surface area contributed by atoms with E-state index in [1.807, 2.05) is 41.3 Å². The Morgan fingerprint density at radius 1 is 0.917 bits per heavy atom. The summed E-state index contributed by atoms with van der Waals surface area (Å²) in [7, 11) is 1.52. The van der Waals surface area contributed by atoms with E-state index in [4.69, 9.17) is 9.47 Å². The van der Waals surface area contributed by atoms with E-state index >= 15 is 0 Å². The molecule has 9 nitrogen and oxygen atoms in total. The minimum absolute atomic E-state index is 0.0135. The highest BCUT2D eigenvalue weighted by atomic mass is 16.5. The maximum Gasteiger partial charge on any atom is 0.323 e. The first-order chi connectivity index (χ1) is 17.5. The number of piperidine rings is 1. The van der Waals surface area contributed by atoms with Crippen LogP contribution in [0.1, 0.15) is 18.0 Å². The molecule has 2 N–H and O–H groups in total. The molecule has 9 heteroatoms. The predicted molar refractivity (Wildman–Crippen MR) is 136 cm³/mol. The predicted octanol–water partition coefficient (Wildman–Crippen LogP) is 3.53. The van der Waals surface area contributed by atoms with Crippen LogP contribution in [0.15, 0.2) is 71.5 Å². The molecule has 1 aromatic heterocycles. The summed E-state index contributed by atoms with van der Waals surface area (Å²) in [6, 6.07) is 19.3. The number of nitrogens with one attached hydrogen (secondary N) is 2. The number of pyridine rings is 1. The molecule has 3 heterocycles. The molecule has 2 atom stereocenters. The van der Waals surface area contributed by atoms with Gasteiger partial charge in [0.15, 0.2) is 6.61 Å². The number of hydrogen-bond acceptors (Lipinski definition) is 5. The molecule has 5 rings (SSSR count). The van der Waals surface area contributed by atoms with E-state index in [2.05, 4.69) is 10.6 Å². The Balaban J connectivity index is 1.26. The average molecular weight is 489 g/mol. The molecular formula is C27H28N4O5. The summed E-state index contributed by atoms with van der Waals surface area (Å²) < 4.78 is 12.6. The number of hydrogen-bond donors (Lipinski definition) is 2. The highest BCUT2D eigenvalue weighted by molar-refractivity contribution is 6.00. The molecule has 0 saturated carbocycles.